The average molecular weight is 281 g/mol. The fraction of sp³-hybridized carbons (Fsp3) is 0.857. The van der Waals surface area contributed by atoms with Gasteiger partial charge in [0.2, 0.25) is 5.89 Å². The molecule has 0 unspecified atom stereocenters. The number of likely N-dealkylation sites (tertiary alicyclic amines) is 1. The van der Waals surface area contributed by atoms with Gasteiger partial charge in [0.05, 0.1) is 13.2 Å². The van der Waals surface area contributed by atoms with E-state index in [1.165, 1.54) is 12.8 Å². The van der Waals surface area contributed by atoms with E-state index >= 15 is 0 Å². The maximum atomic E-state index is 9.43. The highest BCUT2D eigenvalue weighted by Crippen LogP contribution is 2.26. The highest BCUT2D eigenvalue weighted by atomic mass is 16.5. The van der Waals surface area contributed by atoms with E-state index in [9.17, 15) is 5.11 Å². The van der Waals surface area contributed by atoms with Crippen molar-refractivity contribution in [3.8, 4) is 0 Å². The lowest BCUT2D eigenvalue weighted by Gasteiger charge is -2.33. The first-order valence-electron chi connectivity index (χ1n) is 7.62. The molecule has 0 radical (unpaired) electrons. The Balaban J connectivity index is 1.61. The molecule has 2 aliphatic rings. The summed E-state index contributed by atoms with van der Waals surface area (Å²) >= 11 is 0. The Hall–Kier alpha value is -0.980. The molecule has 2 saturated heterocycles. The van der Waals surface area contributed by atoms with Crippen molar-refractivity contribution in [2.24, 2.45) is 0 Å². The molecule has 0 aliphatic carbocycles. The van der Waals surface area contributed by atoms with E-state index in [0.29, 0.717) is 12.5 Å². The van der Waals surface area contributed by atoms with E-state index in [-0.39, 0.29) is 12.6 Å². The van der Waals surface area contributed by atoms with Crippen molar-refractivity contribution < 1.29 is 14.4 Å². The lowest BCUT2D eigenvalue weighted by atomic mass is 10.0. The molecule has 2 fully saturated rings. The van der Waals surface area contributed by atoms with Crippen molar-refractivity contribution in [2.45, 2.75) is 50.6 Å². The van der Waals surface area contributed by atoms with Gasteiger partial charge in [-0.2, -0.15) is 4.98 Å². The first-order valence-corrected chi connectivity index (χ1v) is 7.62. The second-order valence-electron chi connectivity index (χ2n) is 5.74. The molecule has 1 atom stereocenters. The zero-order valence-electron chi connectivity index (χ0n) is 11.8. The molecule has 0 saturated carbocycles. The number of aliphatic hydroxyl groups is 1. The summed E-state index contributed by atoms with van der Waals surface area (Å²) in [6.45, 7) is 3.46. The van der Waals surface area contributed by atoms with Gasteiger partial charge in [0.1, 0.15) is 0 Å². The lowest BCUT2D eigenvalue weighted by Crippen LogP contribution is -2.41. The van der Waals surface area contributed by atoms with Crippen molar-refractivity contribution in [1.82, 2.24) is 15.0 Å². The average Bonchev–Trinajstić information content (AvgIpc) is 2.97. The van der Waals surface area contributed by atoms with Gasteiger partial charge < -0.3 is 14.4 Å². The van der Waals surface area contributed by atoms with E-state index in [1.807, 2.05) is 0 Å². The molecule has 1 N–H and O–H groups in total. The number of aromatic nitrogens is 2. The molecule has 1 aromatic heterocycles. The highest BCUT2D eigenvalue weighted by molar-refractivity contribution is 4.96. The van der Waals surface area contributed by atoms with E-state index in [4.69, 9.17) is 9.26 Å². The summed E-state index contributed by atoms with van der Waals surface area (Å²) in [7, 11) is 0. The van der Waals surface area contributed by atoms with Gasteiger partial charge in [-0.3, -0.25) is 4.90 Å². The molecular weight excluding hydrogens is 258 g/mol. The number of rotatable bonds is 4. The van der Waals surface area contributed by atoms with Crippen LogP contribution < -0.4 is 0 Å². The molecule has 1 aromatic rings. The highest BCUT2D eigenvalue weighted by Gasteiger charge is 2.25. The molecule has 2 aliphatic heterocycles. The Bertz CT molecular complexity index is 418. The van der Waals surface area contributed by atoms with Crippen molar-refractivity contribution in [1.29, 1.82) is 0 Å². The lowest BCUT2D eigenvalue weighted by molar-refractivity contribution is 0.0777. The maximum absolute atomic E-state index is 9.43. The molecule has 0 spiro atoms. The molecular formula is C14H23N3O3. The predicted molar refractivity (Wildman–Crippen MR) is 72.2 cm³/mol. The molecule has 3 rings (SSSR count). The molecule has 6 nitrogen and oxygen atoms in total. The second kappa shape index (κ2) is 6.65. The Kier molecular flexibility index (Phi) is 4.65. The molecule has 6 heteroatoms. The minimum atomic E-state index is 0.213. The number of nitrogens with zero attached hydrogens (tertiary/aromatic N) is 3. The van der Waals surface area contributed by atoms with Crippen LogP contribution in [-0.4, -0.2) is 52.6 Å². The monoisotopic (exact) mass is 281 g/mol. The number of ether oxygens (including phenoxy) is 1. The van der Waals surface area contributed by atoms with Gasteiger partial charge in [0, 0.05) is 25.2 Å². The van der Waals surface area contributed by atoms with Gasteiger partial charge in [-0.1, -0.05) is 11.6 Å². The van der Waals surface area contributed by atoms with E-state index in [2.05, 4.69) is 15.0 Å². The number of hydrogen-bond donors (Lipinski definition) is 1. The van der Waals surface area contributed by atoms with E-state index < -0.39 is 0 Å². The summed E-state index contributed by atoms with van der Waals surface area (Å²) in [6, 6.07) is 0.244. The summed E-state index contributed by atoms with van der Waals surface area (Å²) in [5, 5.41) is 13.5. The normalized spacial score (nSPS) is 25.9. The third kappa shape index (κ3) is 3.19. The molecule has 3 heterocycles. The molecule has 0 aromatic carbocycles. The summed E-state index contributed by atoms with van der Waals surface area (Å²) in [4.78, 5) is 6.81. The Morgan fingerprint density at radius 2 is 2.05 bits per heavy atom. The quantitative estimate of drug-likeness (QED) is 0.897. The van der Waals surface area contributed by atoms with Crippen LogP contribution in [0.2, 0.25) is 0 Å². The van der Waals surface area contributed by atoms with Crippen LogP contribution in [-0.2, 0) is 11.3 Å². The zero-order valence-corrected chi connectivity index (χ0v) is 11.8. The second-order valence-corrected chi connectivity index (χ2v) is 5.74. The molecule has 20 heavy (non-hydrogen) atoms. The van der Waals surface area contributed by atoms with E-state index in [0.717, 1.165) is 50.7 Å². The van der Waals surface area contributed by atoms with Crippen molar-refractivity contribution >= 4 is 0 Å². The third-order valence-electron chi connectivity index (χ3n) is 4.36. The summed E-state index contributed by atoms with van der Waals surface area (Å²) in [5.41, 5.74) is 0. The minimum Gasteiger partial charge on any atom is -0.395 e. The fourth-order valence-corrected chi connectivity index (χ4v) is 3.10. The summed E-state index contributed by atoms with van der Waals surface area (Å²) in [5.74, 6) is 1.84. The zero-order chi connectivity index (χ0) is 13.8. The first-order chi connectivity index (χ1) is 9.86. The van der Waals surface area contributed by atoms with Crippen LogP contribution in [0.15, 0.2) is 4.52 Å². The number of piperidine rings is 1. The molecule has 112 valence electrons. The largest absolute Gasteiger partial charge is 0.395 e. The van der Waals surface area contributed by atoms with Crippen LogP contribution in [0, 0.1) is 0 Å². The minimum absolute atomic E-state index is 0.213. The van der Waals surface area contributed by atoms with Crippen LogP contribution in [0.5, 0.6) is 0 Å². The number of hydrogen-bond acceptors (Lipinski definition) is 6. The smallest absolute Gasteiger partial charge is 0.229 e. The van der Waals surface area contributed by atoms with Crippen LogP contribution in [0.1, 0.15) is 49.7 Å². The van der Waals surface area contributed by atoms with Gasteiger partial charge in [-0.25, -0.2) is 0 Å². The van der Waals surface area contributed by atoms with E-state index in [1.54, 1.807) is 0 Å². The Morgan fingerprint density at radius 1 is 1.20 bits per heavy atom. The van der Waals surface area contributed by atoms with Gasteiger partial charge in [0.25, 0.3) is 0 Å². The standard InChI is InChI=1S/C14H23N3O3/c18-10-12-3-1-2-6-17(12)9-13-15-14(20-16-13)11-4-7-19-8-5-11/h11-12,18H,1-10H2/t12-/m1/s1. The molecule has 0 amide bonds. The van der Waals surface area contributed by atoms with Crippen LogP contribution in [0.25, 0.3) is 0 Å². The van der Waals surface area contributed by atoms with Gasteiger partial charge >= 0.3 is 0 Å². The maximum Gasteiger partial charge on any atom is 0.229 e. The number of aliphatic hydroxyl groups excluding tert-OH is 1. The van der Waals surface area contributed by atoms with Crippen molar-refractivity contribution in [3.05, 3.63) is 11.7 Å². The SMILES string of the molecule is OC[C@H]1CCCCN1Cc1noc(C2CCOCC2)n1. The van der Waals surface area contributed by atoms with Gasteiger partial charge in [0.15, 0.2) is 5.82 Å². The van der Waals surface area contributed by atoms with Gasteiger partial charge in [-0.15, -0.1) is 0 Å². The summed E-state index contributed by atoms with van der Waals surface area (Å²) < 4.78 is 10.8. The third-order valence-corrected chi connectivity index (χ3v) is 4.36. The summed E-state index contributed by atoms with van der Waals surface area (Å²) in [6.07, 6.45) is 5.36. The Labute approximate surface area is 119 Å². The van der Waals surface area contributed by atoms with Crippen molar-refractivity contribution in [2.75, 3.05) is 26.4 Å². The predicted octanol–water partition coefficient (Wildman–Crippen LogP) is 1.31. The van der Waals surface area contributed by atoms with Crippen LogP contribution >= 0.6 is 0 Å². The van der Waals surface area contributed by atoms with Crippen LogP contribution in [0.4, 0.5) is 0 Å². The molecule has 0 bridgehead atoms. The van der Waals surface area contributed by atoms with Gasteiger partial charge in [-0.05, 0) is 32.2 Å². The first kappa shape index (κ1) is 14.0. The fourth-order valence-electron chi connectivity index (χ4n) is 3.10. The van der Waals surface area contributed by atoms with Crippen molar-refractivity contribution in [3.63, 3.8) is 0 Å². The Morgan fingerprint density at radius 3 is 2.85 bits per heavy atom. The topological polar surface area (TPSA) is 71.6 Å². The van der Waals surface area contributed by atoms with Crippen LogP contribution in [0.3, 0.4) is 0 Å².